The van der Waals surface area contributed by atoms with Crippen molar-refractivity contribution < 1.29 is 9.18 Å². The summed E-state index contributed by atoms with van der Waals surface area (Å²) in [5, 5.41) is 14.5. The Hall–Kier alpha value is -2.45. The zero-order chi connectivity index (χ0) is 18.7. The Bertz CT molecular complexity index is 931. The molecule has 0 bridgehead atoms. The second kappa shape index (κ2) is 7.84. The van der Waals surface area contributed by atoms with Crippen LogP contribution in [0.25, 0.3) is 5.69 Å². The van der Waals surface area contributed by atoms with Crippen LogP contribution in [0.2, 0.25) is 5.02 Å². The largest absolute Gasteiger partial charge is 0.324 e. The van der Waals surface area contributed by atoms with E-state index in [4.69, 9.17) is 11.6 Å². The van der Waals surface area contributed by atoms with Crippen molar-refractivity contribution in [1.82, 2.24) is 20.2 Å². The molecule has 1 heterocycles. The van der Waals surface area contributed by atoms with Crippen molar-refractivity contribution in [3.8, 4) is 5.69 Å². The Balaban J connectivity index is 1.72. The van der Waals surface area contributed by atoms with Crippen LogP contribution in [0.4, 0.5) is 10.1 Å². The molecule has 1 atom stereocenters. The summed E-state index contributed by atoms with van der Waals surface area (Å²) >= 11 is 7.15. The average molecular weight is 392 g/mol. The maximum Gasteiger partial charge on any atom is 0.237 e. The van der Waals surface area contributed by atoms with E-state index >= 15 is 0 Å². The van der Waals surface area contributed by atoms with E-state index in [9.17, 15) is 9.18 Å². The van der Waals surface area contributed by atoms with Gasteiger partial charge in [-0.15, -0.1) is 5.10 Å². The van der Waals surface area contributed by atoms with Crippen molar-refractivity contribution in [1.29, 1.82) is 0 Å². The van der Waals surface area contributed by atoms with Gasteiger partial charge >= 0.3 is 0 Å². The number of benzene rings is 2. The first kappa shape index (κ1) is 18.3. The number of aromatic nitrogens is 4. The predicted octanol–water partition coefficient (Wildman–Crippen LogP) is 3.88. The molecule has 134 valence electrons. The first-order valence-electron chi connectivity index (χ1n) is 7.72. The molecule has 0 aliphatic carbocycles. The molecule has 0 spiro atoms. The number of nitrogens with one attached hydrogen (secondary N) is 1. The summed E-state index contributed by atoms with van der Waals surface area (Å²) in [7, 11) is 0. The third kappa shape index (κ3) is 4.20. The lowest BCUT2D eigenvalue weighted by Crippen LogP contribution is -2.23. The number of anilines is 1. The molecular formula is C17H15ClFN5OS. The lowest BCUT2D eigenvalue weighted by atomic mass is 10.2. The highest BCUT2D eigenvalue weighted by Gasteiger charge is 2.20. The van der Waals surface area contributed by atoms with Crippen molar-refractivity contribution in [3.05, 3.63) is 58.9 Å². The number of amides is 1. The molecule has 9 heteroatoms. The standard InChI is InChI=1S/C17H15ClFN5OS/c1-10-3-6-13(7-4-10)24-17(21-22-23-24)26-11(2)16(25)20-15-8-5-12(19)9-14(15)18/h3-9,11H,1-2H3,(H,20,25)/t11-/m0/s1. The van der Waals surface area contributed by atoms with E-state index in [1.54, 1.807) is 11.6 Å². The Morgan fingerprint density at radius 2 is 2.00 bits per heavy atom. The van der Waals surface area contributed by atoms with Gasteiger partial charge in [-0.1, -0.05) is 41.1 Å². The van der Waals surface area contributed by atoms with Crippen LogP contribution in [-0.4, -0.2) is 31.4 Å². The number of halogens is 2. The average Bonchev–Trinajstić information content (AvgIpc) is 3.06. The van der Waals surface area contributed by atoms with Crippen LogP contribution in [-0.2, 0) is 4.79 Å². The van der Waals surface area contributed by atoms with Crippen molar-refractivity contribution in [2.75, 3.05) is 5.32 Å². The zero-order valence-corrected chi connectivity index (χ0v) is 15.6. The van der Waals surface area contributed by atoms with E-state index in [2.05, 4.69) is 20.8 Å². The number of hydrogen-bond donors (Lipinski definition) is 1. The summed E-state index contributed by atoms with van der Waals surface area (Å²) in [5.74, 6) is -0.755. The van der Waals surface area contributed by atoms with E-state index in [1.165, 1.54) is 23.9 Å². The summed E-state index contributed by atoms with van der Waals surface area (Å²) in [4.78, 5) is 12.4. The summed E-state index contributed by atoms with van der Waals surface area (Å²) in [6, 6.07) is 11.5. The third-order valence-corrected chi connectivity index (χ3v) is 4.91. The maximum atomic E-state index is 13.1. The normalized spacial score (nSPS) is 12.0. The van der Waals surface area contributed by atoms with Crippen molar-refractivity contribution in [3.63, 3.8) is 0 Å². The summed E-state index contributed by atoms with van der Waals surface area (Å²) in [5.41, 5.74) is 2.28. The Morgan fingerprint density at radius 1 is 1.27 bits per heavy atom. The van der Waals surface area contributed by atoms with E-state index in [1.807, 2.05) is 31.2 Å². The molecule has 0 unspecified atom stereocenters. The van der Waals surface area contributed by atoms with Gasteiger partial charge in [0.05, 0.1) is 21.6 Å². The monoisotopic (exact) mass is 391 g/mol. The van der Waals surface area contributed by atoms with Crippen molar-refractivity contribution in [2.45, 2.75) is 24.3 Å². The number of carbonyl (C=O) groups is 1. The molecule has 0 aliphatic rings. The number of hydrogen-bond acceptors (Lipinski definition) is 5. The van der Waals surface area contributed by atoms with Crippen LogP contribution in [0.1, 0.15) is 12.5 Å². The van der Waals surface area contributed by atoms with Gasteiger partial charge in [0, 0.05) is 0 Å². The predicted molar refractivity (Wildman–Crippen MR) is 99.2 cm³/mol. The highest BCUT2D eigenvalue weighted by molar-refractivity contribution is 8.00. The Kier molecular flexibility index (Phi) is 5.53. The van der Waals surface area contributed by atoms with Crippen LogP contribution in [0.15, 0.2) is 47.6 Å². The van der Waals surface area contributed by atoms with Crippen LogP contribution in [0, 0.1) is 12.7 Å². The van der Waals surface area contributed by atoms with Gasteiger partial charge in [0.1, 0.15) is 5.82 Å². The van der Waals surface area contributed by atoms with Gasteiger partial charge in [-0.3, -0.25) is 4.79 Å². The number of nitrogens with zero attached hydrogens (tertiary/aromatic N) is 4. The van der Waals surface area contributed by atoms with Gasteiger partial charge in [-0.25, -0.2) is 4.39 Å². The van der Waals surface area contributed by atoms with Gasteiger partial charge < -0.3 is 5.32 Å². The minimum Gasteiger partial charge on any atom is -0.324 e. The lowest BCUT2D eigenvalue weighted by molar-refractivity contribution is -0.115. The highest BCUT2D eigenvalue weighted by Crippen LogP contribution is 2.26. The van der Waals surface area contributed by atoms with Gasteiger partial charge in [0.25, 0.3) is 0 Å². The molecule has 1 aromatic heterocycles. The smallest absolute Gasteiger partial charge is 0.237 e. The van der Waals surface area contributed by atoms with Crippen LogP contribution in [0.3, 0.4) is 0 Å². The SMILES string of the molecule is Cc1ccc(-n2nnnc2S[C@@H](C)C(=O)Nc2ccc(F)cc2Cl)cc1. The second-order valence-corrected chi connectivity index (χ2v) is 7.30. The number of rotatable bonds is 5. The minimum absolute atomic E-state index is 0.139. The maximum absolute atomic E-state index is 13.1. The van der Waals surface area contributed by atoms with E-state index in [-0.39, 0.29) is 10.9 Å². The third-order valence-electron chi connectivity index (χ3n) is 3.56. The van der Waals surface area contributed by atoms with Gasteiger partial charge in [-0.2, -0.15) is 4.68 Å². The summed E-state index contributed by atoms with van der Waals surface area (Å²) < 4.78 is 14.7. The molecule has 26 heavy (non-hydrogen) atoms. The van der Waals surface area contributed by atoms with Crippen LogP contribution < -0.4 is 5.32 Å². The molecule has 0 saturated heterocycles. The number of tetrazole rings is 1. The van der Waals surface area contributed by atoms with Crippen molar-refractivity contribution >= 4 is 35.0 Å². The number of thioether (sulfide) groups is 1. The molecule has 2 aromatic carbocycles. The molecule has 0 fully saturated rings. The molecule has 3 aromatic rings. The molecule has 1 N–H and O–H groups in total. The summed E-state index contributed by atoms with van der Waals surface area (Å²) in [6.45, 7) is 3.72. The lowest BCUT2D eigenvalue weighted by Gasteiger charge is -2.12. The number of carbonyl (C=O) groups excluding carboxylic acids is 1. The van der Waals surface area contributed by atoms with Gasteiger partial charge in [-0.05, 0) is 54.6 Å². The van der Waals surface area contributed by atoms with E-state index in [0.717, 1.165) is 17.3 Å². The van der Waals surface area contributed by atoms with Crippen LogP contribution in [0.5, 0.6) is 0 Å². The second-order valence-electron chi connectivity index (χ2n) is 5.58. The molecule has 0 radical (unpaired) electrons. The van der Waals surface area contributed by atoms with Gasteiger partial charge in [0.15, 0.2) is 0 Å². The Labute approximate surface area is 158 Å². The fourth-order valence-corrected chi connectivity index (χ4v) is 3.16. The first-order chi connectivity index (χ1) is 12.4. The molecule has 0 aliphatic heterocycles. The van der Waals surface area contributed by atoms with E-state index in [0.29, 0.717) is 10.8 Å². The first-order valence-corrected chi connectivity index (χ1v) is 8.98. The van der Waals surface area contributed by atoms with E-state index < -0.39 is 11.1 Å². The van der Waals surface area contributed by atoms with Crippen LogP contribution >= 0.6 is 23.4 Å². The fourth-order valence-electron chi connectivity index (χ4n) is 2.14. The fraction of sp³-hybridized carbons (Fsp3) is 0.176. The highest BCUT2D eigenvalue weighted by atomic mass is 35.5. The molecule has 6 nitrogen and oxygen atoms in total. The molecule has 1 amide bonds. The molecule has 3 rings (SSSR count). The van der Waals surface area contributed by atoms with Gasteiger partial charge in [0.2, 0.25) is 11.1 Å². The minimum atomic E-state index is -0.494. The molecular weight excluding hydrogens is 377 g/mol. The quantitative estimate of drug-likeness (QED) is 0.668. The summed E-state index contributed by atoms with van der Waals surface area (Å²) in [6.07, 6.45) is 0. The molecule has 0 saturated carbocycles. The van der Waals surface area contributed by atoms with Crippen molar-refractivity contribution in [2.24, 2.45) is 0 Å². The Morgan fingerprint density at radius 3 is 2.69 bits per heavy atom. The zero-order valence-electron chi connectivity index (χ0n) is 14.0. The topological polar surface area (TPSA) is 72.7 Å². The number of aryl methyl sites for hydroxylation is 1.